The summed E-state index contributed by atoms with van der Waals surface area (Å²) >= 11 is 0. The van der Waals surface area contributed by atoms with E-state index in [-0.39, 0.29) is 5.91 Å². The second-order valence-corrected chi connectivity index (χ2v) is 7.56. The zero-order valence-corrected chi connectivity index (χ0v) is 16.6. The van der Waals surface area contributed by atoms with Crippen molar-refractivity contribution in [2.24, 2.45) is 0 Å². The molecule has 1 aliphatic rings. The van der Waals surface area contributed by atoms with Gasteiger partial charge in [-0.2, -0.15) is 0 Å². The third kappa shape index (κ3) is 5.93. The Balaban J connectivity index is 1.56. The van der Waals surface area contributed by atoms with E-state index in [1.807, 2.05) is 35.2 Å². The van der Waals surface area contributed by atoms with Crippen molar-refractivity contribution in [1.82, 2.24) is 9.80 Å². The number of hydrogen-bond acceptors (Lipinski definition) is 2. The third-order valence-electron chi connectivity index (χ3n) is 5.39. The largest absolute Gasteiger partial charge is 0.338 e. The van der Waals surface area contributed by atoms with Crippen molar-refractivity contribution < 1.29 is 4.79 Å². The summed E-state index contributed by atoms with van der Waals surface area (Å²) in [5, 5.41) is 0. The van der Waals surface area contributed by atoms with Crippen LogP contribution >= 0.6 is 0 Å². The number of likely N-dealkylation sites (tertiary alicyclic amines) is 1. The van der Waals surface area contributed by atoms with E-state index in [0.717, 1.165) is 44.5 Å². The number of rotatable bonds is 9. The average molecular weight is 365 g/mol. The number of hydrogen-bond donors (Lipinski definition) is 0. The highest BCUT2D eigenvalue weighted by Crippen LogP contribution is 2.14. The van der Waals surface area contributed by atoms with E-state index in [1.165, 1.54) is 37.1 Å². The predicted molar refractivity (Wildman–Crippen MR) is 112 cm³/mol. The first-order chi connectivity index (χ1) is 13.3. The van der Waals surface area contributed by atoms with Gasteiger partial charge in [-0.1, -0.05) is 55.8 Å². The van der Waals surface area contributed by atoms with Crippen LogP contribution in [0.25, 0.3) is 0 Å². The summed E-state index contributed by atoms with van der Waals surface area (Å²) in [6.45, 7) is 7.31. The molecule has 0 aliphatic carbocycles. The third-order valence-corrected chi connectivity index (χ3v) is 5.39. The van der Waals surface area contributed by atoms with Crippen LogP contribution in [-0.4, -0.2) is 41.9 Å². The first kappa shape index (κ1) is 19.6. The van der Waals surface area contributed by atoms with Crippen LogP contribution in [-0.2, 0) is 13.0 Å². The summed E-state index contributed by atoms with van der Waals surface area (Å²) in [5.41, 5.74) is 3.49. The zero-order chi connectivity index (χ0) is 18.9. The topological polar surface area (TPSA) is 23.6 Å². The maximum atomic E-state index is 12.8. The average Bonchev–Trinajstić information content (AvgIpc) is 3.22. The zero-order valence-electron chi connectivity index (χ0n) is 16.6. The fourth-order valence-corrected chi connectivity index (χ4v) is 3.70. The van der Waals surface area contributed by atoms with Crippen LogP contribution in [0.5, 0.6) is 0 Å². The lowest BCUT2D eigenvalue weighted by molar-refractivity contribution is 0.0755. The van der Waals surface area contributed by atoms with E-state index in [1.54, 1.807) is 0 Å². The van der Waals surface area contributed by atoms with Crippen molar-refractivity contribution in [2.75, 3.05) is 26.2 Å². The van der Waals surface area contributed by atoms with Crippen LogP contribution < -0.4 is 0 Å². The molecule has 0 saturated carbocycles. The second-order valence-electron chi connectivity index (χ2n) is 7.56. The molecule has 0 aromatic heterocycles. The van der Waals surface area contributed by atoms with Crippen molar-refractivity contribution in [2.45, 2.75) is 45.6 Å². The molecule has 0 bridgehead atoms. The Bertz CT molecular complexity index is 690. The van der Waals surface area contributed by atoms with Gasteiger partial charge in [0.05, 0.1) is 0 Å². The van der Waals surface area contributed by atoms with Gasteiger partial charge in [-0.25, -0.2) is 0 Å². The quantitative estimate of drug-likeness (QED) is 0.640. The summed E-state index contributed by atoms with van der Waals surface area (Å²) in [6, 6.07) is 18.6. The van der Waals surface area contributed by atoms with Crippen LogP contribution in [0.15, 0.2) is 54.6 Å². The van der Waals surface area contributed by atoms with Crippen LogP contribution in [0.3, 0.4) is 0 Å². The summed E-state index contributed by atoms with van der Waals surface area (Å²) in [6.07, 6.45) is 5.73. The van der Waals surface area contributed by atoms with Gasteiger partial charge in [0.1, 0.15) is 0 Å². The molecule has 0 unspecified atom stereocenters. The van der Waals surface area contributed by atoms with Crippen LogP contribution in [0.2, 0.25) is 0 Å². The monoisotopic (exact) mass is 364 g/mol. The smallest absolute Gasteiger partial charge is 0.253 e. The molecule has 2 aromatic rings. The van der Waals surface area contributed by atoms with Crippen LogP contribution in [0, 0.1) is 0 Å². The summed E-state index contributed by atoms with van der Waals surface area (Å²) in [5.74, 6) is 0.148. The Morgan fingerprint density at radius 1 is 0.926 bits per heavy atom. The lowest BCUT2D eigenvalue weighted by Crippen LogP contribution is -2.33. The fourth-order valence-electron chi connectivity index (χ4n) is 3.70. The van der Waals surface area contributed by atoms with Gasteiger partial charge in [0.2, 0.25) is 0 Å². The molecule has 1 saturated heterocycles. The highest BCUT2D eigenvalue weighted by atomic mass is 16.2. The SMILES string of the molecule is CCCCN(CCc1ccc(CN2CCCC2)cc1)C(=O)c1ccccc1. The lowest BCUT2D eigenvalue weighted by atomic mass is 10.1. The molecular formula is C24H32N2O. The Kier molecular flexibility index (Phi) is 7.46. The van der Waals surface area contributed by atoms with Gasteiger partial charge in [-0.05, 0) is 62.0 Å². The molecule has 0 N–H and O–H groups in total. The molecule has 3 rings (SSSR count). The first-order valence-corrected chi connectivity index (χ1v) is 10.4. The highest BCUT2D eigenvalue weighted by Gasteiger charge is 2.15. The van der Waals surface area contributed by atoms with E-state index in [0.29, 0.717) is 0 Å². The van der Waals surface area contributed by atoms with E-state index in [9.17, 15) is 4.79 Å². The molecule has 1 fully saturated rings. The summed E-state index contributed by atoms with van der Waals surface area (Å²) < 4.78 is 0. The molecule has 0 atom stereocenters. The molecule has 0 radical (unpaired) electrons. The van der Waals surface area contributed by atoms with Crippen molar-refractivity contribution in [3.05, 3.63) is 71.3 Å². The van der Waals surface area contributed by atoms with Crippen molar-refractivity contribution in [3.63, 3.8) is 0 Å². The predicted octanol–water partition coefficient (Wildman–Crippen LogP) is 4.77. The van der Waals surface area contributed by atoms with Crippen molar-refractivity contribution >= 4 is 5.91 Å². The molecule has 3 nitrogen and oxygen atoms in total. The lowest BCUT2D eigenvalue weighted by Gasteiger charge is -2.23. The normalized spacial score (nSPS) is 14.4. The number of carbonyl (C=O) groups is 1. The minimum atomic E-state index is 0.148. The maximum absolute atomic E-state index is 12.8. The van der Waals surface area contributed by atoms with Gasteiger partial charge in [-0.15, -0.1) is 0 Å². The van der Waals surface area contributed by atoms with Gasteiger partial charge in [0, 0.05) is 25.2 Å². The molecular weight excluding hydrogens is 332 g/mol. The molecule has 27 heavy (non-hydrogen) atoms. The Morgan fingerprint density at radius 3 is 2.26 bits per heavy atom. The molecule has 2 aromatic carbocycles. The van der Waals surface area contributed by atoms with Gasteiger partial charge in [0.25, 0.3) is 5.91 Å². The summed E-state index contributed by atoms with van der Waals surface area (Å²) in [7, 11) is 0. The first-order valence-electron chi connectivity index (χ1n) is 10.4. The standard InChI is InChI=1S/C24H32N2O/c1-2-3-18-26(24(27)23-9-5-4-6-10-23)19-15-21-11-13-22(14-12-21)20-25-16-7-8-17-25/h4-6,9-14H,2-3,7-8,15-20H2,1H3. The molecule has 144 valence electrons. The number of nitrogens with zero attached hydrogens (tertiary/aromatic N) is 2. The van der Waals surface area contributed by atoms with Crippen molar-refractivity contribution in [3.8, 4) is 0 Å². The summed E-state index contributed by atoms with van der Waals surface area (Å²) in [4.78, 5) is 17.4. The van der Waals surface area contributed by atoms with Gasteiger partial charge < -0.3 is 4.90 Å². The molecule has 0 spiro atoms. The fraction of sp³-hybridized carbons (Fsp3) is 0.458. The molecule has 3 heteroatoms. The Hall–Kier alpha value is -2.13. The van der Waals surface area contributed by atoms with Crippen LogP contribution in [0.4, 0.5) is 0 Å². The minimum Gasteiger partial charge on any atom is -0.338 e. The van der Waals surface area contributed by atoms with Crippen LogP contribution in [0.1, 0.15) is 54.1 Å². The highest BCUT2D eigenvalue weighted by molar-refractivity contribution is 5.94. The molecule has 1 aliphatic heterocycles. The number of carbonyl (C=O) groups excluding carboxylic acids is 1. The van der Waals surface area contributed by atoms with Gasteiger partial charge >= 0.3 is 0 Å². The molecule has 1 heterocycles. The minimum absolute atomic E-state index is 0.148. The van der Waals surface area contributed by atoms with Crippen molar-refractivity contribution in [1.29, 1.82) is 0 Å². The van der Waals surface area contributed by atoms with E-state index in [4.69, 9.17) is 0 Å². The maximum Gasteiger partial charge on any atom is 0.253 e. The van der Waals surface area contributed by atoms with E-state index < -0.39 is 0 Å². The van der Waals surface area contributed by atoms with Gasteiger partial charge in [-0.3, -0.25) is 9.69 Å². The number of unbranched alkanes of at least 4 members (excludes halogenated alkanes) is 1. The van der Waals surface area contributed by atoms with Gasteiger partial charge in [0.15, 0.2) is 0 Å². The Morgan fingerprint density at radius 2 is 1.59 bits per heavy atom. The number of benzene rings is 2. The number of amides is 1. The molecule has 1 amide bonds. The second kappa shape index (κ2) is 10.3. The van der Waals surface area contributed by atoms with E-state index in [2.05, 4.69) is 36.1 Å². The Labute approximate surface area is 164 Å². The van der Waals surface area contributed by atoms with E-state index >= 15 is 0 Å².